The highest BCUT2D eigenvalue weighted by atomic mass is 79.9. The Morgan fingerprint density at radius 3 is 2.45 bits per heavy atom. The molecule has 0 aliphatic heterocycles. The zero-order valence-electron chi connectivity index (χ0n) is 12.5. The van der Waals surface area contributed by atoms with Gasteiger partial charge in [-0.2, -0.15) is 0 Å². The van der Waals surface area contributed by atoms with Gasteiger partial charge in [-0.3, -0.25) is 9.69 Å². The molecular weight excluding hydrogens is 320 g/mol. The molecule has 112 valence electrons. The summed E-state index contributed by atoms with van der Waals surface area (Å²) in [5.41, 5.74) is 0.656. The fraction of sp³-hybridized carbons (Fsp3) is 0.533. The van der Waals surface area contributed by atoms with Crippen LogP contribution in [0.1, 0.15) is 32.4 Å². The second-order valence-corrected chi connectivity index (χ2v) is 6.58. The Morgan fingerprint density at radius 2 is 1.95 bits per heavy atom. The number of nitrogens with one attached hydrogen (secondary N) is 1. The fourth-order valence-corrected chi connectivity index (χ4v) is 1.94. The van der Waals surface area contributed by atoms with Gasteiger partial charge in [0, 0.05) is 10.0 Å². The van der Waals surface area contributed by atoms with E-state index in [1.54, 1.807) is 0 Å². The van der Waals surface area contributed by atoms with E-state index >= 15 is 0 Å². The summed E-state index contributed by atoms with van der Waals surface area (Å²) in [5, 5.41) is 12.3. The molecule has 1 rings (SSSR count). The summed E-state index contributed by atoms with van der Waals surface area (Å²) in [6, 6.07) is 7.84. The first-order valence-corrected chi connectivity index (χ1v) is 7.42. The maximum absolute atomic E-state index is 12.0. The molecule has 0 fully saturated rings. The first kappa shape index (κ1) is 17.1. The van der Waals surface area contributed by atoms with Gasteiger partial charge in [-0.05, 0) is 45.5 Å². The van der Waals surface area contributed by atoms with Gasteiger partial charge >= 0.3 is 0 Å². The second-order valence-electron chi connectivity index (χ2n) is 5.67. The van der Waals surface area contributed by atoms with E-state index in [9.17, 15) is 9.90 Å². The van der Waals surface area contributed by atoms with Crippen molar-refractivity contribution in [1.29, 1.82) is 0 Å². The molecule has 0 radical (unpaired) electrons. The predicted octanol–water partition coefficient (Wildman–Crippen LogP) is 2.33. The Labute approximate surface area is 129 Å². The van der Waals surface area contributed by atoms with Crippen molar-refractivity contribution >= 4 is 21.8 Å². The van der Waals surface area contributed by atoms with E-state index in [0.717, 1.165) is 10.0 Å². The van der Waals surface area contributed by atoms with Crippen LogP contribution in [0.25, 0.3) is 0 Å². The number of amides is 1. The first-order chi connectivity index (χ1) is 9.26. The lowest BCUT2D eigenvalue weighted by atomic mass is 10.1. The number of benzene rings is 1. The van der Waals surface area contributed by atoms with E-state index in [-0.39, 0.29) is 25.1 Å². The summed E-state index contributed by atoms with van der Waals surface area (Å²) in [7, 11) is 1.83. The summed E-state index contributed by atoms with van der Waals surface area (Å²) < 4.78 is 1.02. The molecule has 0 spiro atoms. The van der Waals surface area contributed by atoms with Gasteiger partial charge in [-0.1, -0.05) is 28.1 Å². The number of hydrogen-bond acceptors (Lipinski definition) is 3. The molecule has 0 saturated heterocycles. The molecular formula is C15H23BrN2O2. The monoisotopic (exact) mass is 342 g/mol. The molecule has 0 aliphatic carbocycles. The summed E-state index contributed by atoms with van der Waals surface area (Å²) in [5.74, 6) is -0.0514. The lowest BCUT2D eigenvalue weighted by Gasteiger charge is -2.33. The Hall–Kier alpha value is -0.910. The van der Waals surface area contributed by atoms with Crippen LogP contribution >= 0.6 is 15.9 Å². The molecule has 0 aliphatic rings. The highest BCUT2D eigenvalue weighted by molar-refractivity contribution is 9.10. The first-order valence-electron chi connectivity index (χ1n) is 6.63. The normalized spacial score (nSPS) is 13.3. The van der Waals surface area contributed by atoms with Gasteiger partial charge in [-0.25, -0.2) is 0 Å². The maximum Gasteiger partial charge on any atom is 0.234 e. The van der Waals surface area contributed by atoms with Crippen LogP contribution in [0.5, 0.6) is 0 Å². The molecule has 0 aromatic heterocycles. The molecule has 5 heteroatoms. The predicted molar refractivity (Wildman–Crippen MR) is 84.5 cm³/mol. The highest BCUT2D eigenvalue weighted by Gasteiger charge is 2.24. The lowest BCUT2D eigenvalue weighted by molar-refractivity contribution is -0.124. The summed E-state index contributed by atoms with van der Waals surface area (Å²) in [6.45, 7) is 6.03. The minimum atomic E-state index is -0.405. The van der Waals surface area contributed by atoms with Crippen molar-refractivity contribution in [2.75, 3.05) is 20.2 Å². The molecule has 1 unspecified atom stereocenters. The van der Waals surface area contributed by atoms with Gasteiger partial charge in [0.15, 0.2) is 0 Å². The van der Waals surface area contributed by atoms with Gasteiger partial charge in [0.25, 0.3) is 0 Å². The van der Waals surface area contributed by atoms with Gasteiger partial charge in [0.05, 0.1) is 19.2 Å². The zero-order chi connectivity index (χ0) is 15.3. The van der Waals surface area contributed by atoms with E-state index in [0.29, 0.717) is 0 Å². The van der Waals surface area contributed by atoms with E-state index in [2.05, 4.69) is 21.2 Å². The Bertz CT molecular complexity index is 446. The molecule has 4 nitrogen and oxygen atoms in total. The minimum absolute atomic E-state index is 0.0129. The van der Waals surface area contributed by atoms with Crippen LogP contribution in [0.3, 0.4) is 0 Å². The maximum atomic E-state index is 12.0. The molecule has 2 N–H and O–H groups in total. The van der Waals surface area contributed by atoms with Crippen molar-refractivity contribution in [3.05, 3.63) is 34.3 Å². The van der Waals surface area contributed by atoms with Crippen molar-refractivity contribution in [2.45, 2.75) is 32.4 Å². The zero-order valence-corrected chi connectivity index (χ0v) is 14.1. The van der Waals surface area contributed by atoms with Crippen molar-refractivity contribution in [2.24, 2.45) is 0 Å². The number of carbonyl (C=O) groups is 1. The number of rotatable bonds is 6. The number of halogens is 1. The number of aliphatic hydroxyl groups is 1. The summed E-state index contributed by atoms with van der Waals surface area (Å²) in [6.07, 6.45) is 0. The standard InChI is InChI=1S/C15H23BrN2O2/c1-11(12-5-7-13(16)8-6-12)17-14(20)9-18(4)15(2,3)10-19/h5-8,11,19H,9-10H2,1-4H3,(H,17,20). The molecule has 1 aromatic carbocycles. The van der Waals surface area contributed by atoms with Crippen LogP contribution in [-0.4, -0.2) is 41.7 Å². The Balaban J connectivity index is 2.56. The van der Waals surface area contributed by atoms with Crippen molar-refractivity contribution < 1.29 is 9.90 Å². The van der Waals surface area contributed by atoms with Crippen LogP contribution < -0.4 is 5.32 Å². The Kier molecular flexibility index (Phi) is 6.17. The van der Waals surface area contributed by atoms with Crippen LogP contribution in [0.15, 0.2) is 28.7 Å². The number of aliphatic hydroxyl groups excluding tert-OH is 1. The van der Waals surface area contributed by atoms with Crippen LogP contribution in [0, 0.1) is 0 Å². The summed E-state index contributed by atoms with van der Waals surface area (Å²) in [4.78, 5) is 13.9. The molecule has 20 heavy (non-hydrogen) atoms. The van der Waals surface area contributed by atoms with Gasteiger partial charge in [-0.15, -0.1) is 0 Å². The smallest absolute Gasteiger partial charge is 0.234 e. The van der Waals surface area contributed by atoms with E-state index < -0.39 is 5.54 Å². The van der Waals surface area contributed by atoms with Gasteiger partial charge in [0.2, 0.25) is 5.91 Å². The van der Waals surface area contributed by atoms with Gasteiger partial charge < -0.3 is 10.4 Å². The second kappa shape index (κ2) is 7.20. The average molecular weight is 343 g/mol. The van der Waals surface area contributed by atoms with Crippen molar-refractivity contribution in [3.8, 4) is 0 Å². The number of carbonyl (C=O) groups excluding carboxylic acids is 1. The lowest BCUT2D eigenvalue weighted by Crippen LogP contribution is -2.49. The minimum Gasteiger partial charge on any atom is -0.394 e. The molecule has 1 atom stereocenters. The number of likely N-dealkylation sites (N-methyl/N-ethyl adjacent to an activating group) is 1. The van der Waals surface area contributed by atoms with Crippen molar-refractivity contribution in [1.82, 2.24) is 10.2 Å². The van der Waals surface area contributed by atoms with Crippen LogP contribution in [-0.2, 0) is 4.79 Å². The SMILES string of the molecule is CC(NC(=O)CN(C)C(C)(C)CO)c1ccc(Br)cc1. The topological polar surface area (TPSA) is 52.6 Å². The molecule has 0 bridgehead atoms. The average Bonchev–Trinajstić information content (AvgIpc) is 2.39. The molecule has 0 saturated carbocycles. The van der Waals surface area contributed by atoms with E-state index in [1.807, 2.05) is 57.0 Å². The third-order valence-electron chi connectivity index (χ3n) is 3.55. The van der Waals surface area contributed by atoms with E-state index in [1.165, 1.54) is 0 Å². The third kappa shape index (κ3) is 4.89. The quantitative estimate of drug-likeness (QED) is 0.834. The highest BCUT2D eigenvalue weighted by Crippen LogP contribution is 2.16. The fourth-order valence-electron chi connectivity index (χ4n) is 1.67. The van der Waals surface area contributed by atoms with E-state index in [4.69, 9.17) is 0 Å². The molecule has 1 aromatic rings. The Morgan fingerprint density at radius 1 is 1.40 bits per heavy atom. The number of nitrogens with zero attached hydrogens (tertiary/aromatic N) is 1. The third-order valence-corrected chi connectivity index (χ3v) is 4.08. The number of hydrogen-bond donors (Lipinski definition) is 2. The van der Waals surface area contributed by atoms with Crippen molar-refractivity contribution in [3.63, 3.8) is 0 Å². The van der Waals surface area contributed by atoms with Gasteiger partial charge in [0.1, 0.15) is 0 Å². The van der Waals surface area contributed by atoms with Crippen LogP contribution in [0.4, 0.5) is 0 Å². The molecule has 0 heterocycles. The van der Waals surface area contributed by atoms with Crippen LogP contribution in [0.2, 0.25) is 0 Å². The summed E-state index contributed by atoms with van der Waals surface area (Å²) >= 11 is 3.39. The largest absolute Gasteiger partial charge is 0.394 e. The molecule has 1 amide bonds.